The first-order chi connectivity index (χ1) is 8.16. The summed E-state index contributed by atoms with van der Waals surface area (Å²) in [5, 5.41) is 11.7. The minimum absolute atomic E-state index is 0.0537. The van der Waals surface area contributed by atoms with Gasteiger partial charge in [0.15, 0.2) is 0 Å². The van der Waals surface area contributed by atoms with Crippen LogP contribution in [-0.4, -0.2) is 28.2 Å². The largest absolute Gasteiger partial charge is 0.393 e. The first-order valence-electron chi connectivity index (χ1n) is 6.63. The van der Waals surface area contributed by atoms with E-state index in [1.54, 1.807) is 0 Å². The molecule has 0 aromatic carbocycles. The fourth-order valence-corrected chi connectivity index (χ4v) is 3.42. The van der Waals surface area contributed by atoms with Crippen LogP contribution < -0.4 is 0 Å². The van der Waals surface area contributed by atoms with Crippen molar-refractivity contribution >= 4 is 11.3 Å². The van der Waals surface area contributed by atoms with E-state index in [-0.39, 0.29) is 6.10 Å². The lowest BCUT2D eigenvalue weighted by atomic mass is 9.91. The third-order valence-electron chi connectivity index (χ3n) is 3.72. The summed E-state index contributed by atoms with van der Waals surface area (Å²) in [6, 6.07) is 5.58. The summed E-state index contributed by atoms with van der Waals surface area (Å²) in [7, 11) is 0. The number of hydrogen-bond donors (Lipinski definition) is 1. The van der Waals surface area contributed by atoms with Gasteiger partial charge in [0.2, 0.25) is 0 Å². The molecular formula is C14H23NOS. The topological polar surface area (TPSA) is 23.5 Å². The summed E-state index contributed by atoms with van der Waals surface area (Å²) in [6.07, 6.45) is 4.17. The van der Waals surface area contributed by atoms with Crippen molar-refractivity contribution in [3.63, 3.8) is 0 Å². The molecule has 1 fully saturated rings. The third kappa shape index (κ3) is 3.54. The van der Waals surface area contributed by atoms with Crippen molar-refractivity contribution in [2.75, 3.05) is 0 Å². The van der Waals surface area contributed by atoms with E-state index < -0.39 is 0 Å². The highest BCUT2D eigenvalue weighted by Gasteiger charge is 2.26. The van der Waals surface area contributed by atoms with Gasteiger partial charge in [-0.15, -0.1) is 11.3 Å². The Kier molecular flexibility index (Phi) is 4.60. The van der Waals surface area contributed by atoms with Gasteiger partial charge in [-0.3, -0.25) is 4.90 Å². The lowest BCUT2D eigenvalue weighted by Gasteiger charge is -2.38. The maximum atomic E-state index is 9.59. The van der Waals surface area contributed by atoms with Gasteiger partial charge in [0, 0.05) is 23.5 Å². The molecule has 1 heterocycles. The van der Waals surface area contributed by atoms with Crippen molar-refractivity contribution in [1.29, 1.82) is 0 Å². The highest BCUT2D eigenvalue weighted by molar-refractivity contribution is 7.09. The maximum Gasteiger partial charge on any atom is 0.0541 e. The Balaban J connectivity index is 1.97. The second-order valence-electron chi connectivity index (χ2n) is 5.31. The van der Waals surface area contributed by atoms with Crippen molar-refractivity contribution in [2.24, 2.45) is 0 Å². The molecule has 1 aromatic heterocycles. The number of hydrogen-bond acceptors (Lipinski definition) is 3. The number of rotatable bonds is 4. The Morgan fingerprint density at radius 3 is 2.59 bits per heavy atom. The molecule has 0 atom stereocenters. The normalized spacial score (nSPS) is 25.7. The standard InChI is InChI=1S/C14H23NOS/c1-11(2)15(10-14-4-3-9-17-14)12-5-7-13(16)8-6-12/h3-4,9,11-13,16H,5-8,10H2,1-2H3. The monoisotopic (exact) mass is 253 g/mol. The van der Waals surface area contributed by atoms with Crippen LogP contribution in [0.4, 0.5) is 0 Å². The average molecular weight is 253 g/mol. The Morgan fingerprint density at radius 1 is 1.35 bits per heavy atom. The van der Waals surface area contributed by atoms with Crippen molar-refractivity contribution < 1.29 is 5.11 Å². The van der Waals surface area contributed by atoms with Gasteiger partial charge >= 0.3 is 0 Å². The lowest BCUT2D eigenvalue weighted by Crippen LogP contribution is -2.42. The van der Waals surface area contributed by atoms with E-state index in [1.165, 1.54) is 4.88 Å². The molecule has 1 N–H and O–H groups in total. The van der Waals surface area contributed by atoms with E-state index in [1.807, 2.05) is 11.3 Å². The zero-order valence-electron chi connectivity index (χ0n) is 10.8. The van der Waals surface area contributed by atoms with Crippen LogP contribution in [0.25, 0.3) is 0 Å². The van der Waals surface area contributed by atoms with Crippen molar-refractivity contribution in [1.82, 2.24) is 4.90 Å². The van der Waals surface area contributed by atoms with Gasteiger partial charge in [-0.05, 0) is 51.0 Å². The van der Waals surface area contributed by atoms with E-state index in [9.17, 15) is 5.11 Å². The smallest absolute Gasteiger partial charge is 0.0541 e. The summed E-state index contributed by atoms with van der Waals surface area (Å²) in [5.41, 5.74) is 0. The lowest BCUT2D eigenvalue weighted by molar-refractivity contribution is 0.0555. The van der Waals surface area contributed by atoms with E-state index in [0.717, 1.165) is 32.2 Å². The fraction of sp³-hybridized carbons (Fsp3) is 0.714. The molecule has 0 saturated heterocycles. The Bertz CT molecular complexity index is 315. The SMILES string of the molecule is CC(C)N(Cc1cccs1)C1CCC(O)CC1. The van der Waals surface area contributed by atoms with Crippen molar-refractivity contribution in [2.45, 2.75) is 64.3 Å². The minimum Gasteiger partial charge on any atom is -0.393 e. The minimum atomic E-state index is -0.0537. The maximum absolute atomic E-state index is 9.59. The molecule has 1 aliphatic carbocycles. The summed E-state index contributed by atoms with van der Waals surface area (Å²) < 4.78 is 0. The quantitative estimate of drug-likeness (QED) is 0.890. The molecule has 1 aromatic rings. The molecule has 0 spiro atoms. The molecule has 1 aliphatic rings. The predicted octanol–water partition coefficient (Wildman–Crippen LogP) is 3.26. The predicted molar refractivity (Wildman–Crippen MR) is 73.3 cm³/mol. The van der Waals surface area contributed by atoms with Crippen LogP contribution in [0.5, 0.6) is 0 Å². The van der Waals surface area contributed by atoms with Crippen molar-refractivity contribution in [3.8, 4) is 0 Å². The van der Waals surface area contributed by atoms with E-state index in [2.05, 4.69) is 36.3 Å². The first kappa shape index (κ1) is 13.1. The van der Waals surface area contributed by atoms with Gasteiger partial charge in [0.1, 0.15) is 0 Å². The highest BCUT2D eigenvalue weighted by Crippen LogP contribution is 2.26. The highest BCUT2D eigenvalue weighted by atomic mass is 32.1. The summed E-state index contributed by atoms with van der Waals surface area (Å²) in [6.45, 7) is 5.62. The molecular weight excluding hydrogens is 230 g/mol. The van der Waals surface area contributed by atoms with E-state index in [0.29, 0.717) is 12.1 Å². The third-order valence-corrected chi connectivity index (χ3v) is 4.58. The van der Waals surface area contributed by atoms with Crippen LogP contribution in [0.15, 0.2) is 17.5 Å². The Morgan fingerprint density at radius 2 is 2.06 bits per heavy atom. The van der Waals surface area contributed by atoms with Gasteiger partial charge < -0.3 is 5.11 Å². The van der Waals surface area contributed by atoms with Crippen molar-refractivity contribution in [3.05, 3.63) is 22.4 Å². The molecule has 17 heavy (non-hydrogen) atoms. The zero-order valence-corrected chi connectivity index (χ0v) is 11.6. The van der Waals surface area contributed by atoms with Crippen LogP contribution in [0.3, 0.4) is 0 Å². The molecule has 3 heteroatoms. The molecule has 0 radical (unpaired) electrons. The van der Waals surface area contributed by atoms with E-state index in [4.69, 9.17) is 0 Å². The Labute approximate surface area is 108 Å². The van der Waals surface area contributed by atoms with Gasteiger partial charge in [0.05, 0.1) is 6.10 Å². The van der Waals surface area contributed by atoms with Crippen LogP contribution in [0.1, 0.15) is 44.4 Å². The second-order valence-corrected chi connectivity index (χ2v) is 6.34. The van der Waals surface area contributed by atoms with Gasteiger partial charge in [-0.2, -0.15) is 0 Å². The molecule has 2 rings (SSSR count). The summed E-state index contributed by atoms with van der Waals surface area (Å²) in [4.78, 5) is 4.04. The molecule has 0 amide bonds. The van der Waals surface area contributed by atoms with Gasteiger partial charge in [-0.1, -0.05) is 6.07 Å². The van der Waals surface area contributed by atoms with E-state index >= 15 is 0 Å². The molecule has 2 nitrogen and oxygen atoms in total. The van der Waals surface area contributed by atoms with Crippen LogP contribution >= 0.6 is 11.3 Å². The summed E-state index contributed by atoms with van der Waals surface area (Å²) >= 11 is 1.84. The first-order valence-corrected chi connectivity index (χ1v) is 7.51. The molecule has 1 saturated carbocycles. The number of nitrogens with zero attached hydrogens (tertiary/aromatic N) is 1. The average Bonchev–Trinajstić information content (AvgIpc) is 2.80. The molecule has 96 valence electrons. The summed E-state index contributed by atoms with van der Waals surface area (Å²) in [5.74, 6) is 0. The van der Waals surface area contributed by atoms with Crippen LogP contribution in [0, 0.1) is 0 Å². The van der Waals surface area contributed by atoms with Gasteiger partial charge in [0.25, 0.3) is 0 Å². The van der Waals surface area contributed by atoms with Gasteiger partial charge in [-0.25, -0.2) is 0 Å². The number of aliphatic hydroxyl groups excluding tert-OH is 1. The molecule has 0 aliphatic heterocycles. The zero-order chi connectivity index (χ0) is 12.3. The Hall–Kier alpha value is -0.380. The number of thiophene rings is 1. The second kappa shape index (κ2) is 5.98. The molecule has 0 bridgehead atoms. The molecule has 0 unspecified atom stereocenters. The van der Waals surface area contributed by atoms with Crippen LogP contribution in [0.2, 0.25) is 0 Å². The van der Waals surface area contributed by atoms with Crippen LogP contribution in [-0.2, 0) is 6.54 Å². The number of aliphatic hydroxyl groups is 1. The fourth-order valence-electron chi connectivity index (χ4n) is 2.71.